The van der Waals surface area contributed by atoms with Crippen molar-refractivity contribution >= 4 is 34.2 Å². The lowest BCUT2D eigenvalue weighted by Crippen LogP contribution is -2.47. The number of halogens is 1. The number of anilines is 1. The van der Waals surface area contributed by atoms with E-state index in [0.717, 1.165) is 54.4 Å². The van der Waals surface area contributed by atoms with Crippen LogP contribution in [0.2, 0.25) is 0 Å². The summed E-state index contributed by atoms with van der Waals surface area (Å²) in [7, 11) is 0. The van der Waals surface area contributed by atoms with Gasteiger partial charge in [-0.3, -0.25) is 9.69 Å². The van der Waals surface area contributed by atoms with Crippen molar-refractivity contribution in [2.45, 2.75) is 13.3 Å². The molecule has 122 valence electrons. The van der Waals surface area contributed by atoms with Crippen LogP contribution < -0.4 is 4.90 Å². The number of Topliss-reactive ketones (excluding diaryl/α,β-unsaturated/α-hetero) is 1. The second-order valence-electron chi connectivity index (χ2n) is 5.66. The van der Waals surface area contributed by atoms with Crippen molar-refractivity contribution in [1.29, 1.82) is 0 Å². The van der Waals surface area contributed by atoms with Crippen LogP contribution in [0.3, 0.4) is 0 Å². The molecular weight excluding hydrogens is 407 g/mol. The minimum atomic E-state index is 0.0522. The lowest BCUT2D eigenvalue weighted by molar-refractivity contribution is 0.101. The number of pyridine rings is 1. The number of hydrogen-bond acceptors (Lipinski definition) is 6. The summed E-state index contributed by atoms with van der Waals surface area (Å²) in [5.41, 5.74) is 1.67. The molecule has 0 N–H and O–H groups in total. The molecule has 1 aliphatic heterocycles. The van der Waals surface area contributed by atoms with Gasteiger partial charge < -0.3 is 9.42 Å². The van der Waals surface area contributed by atoms with Gasteiger partial charge in [0, 0.05) is 79.6 Å². The highest BCUT2D eigenvalue weighted by atomic mass is 127. The molecule has 0 atom stereocenters. The standard InChI is InChI=1S/C16H19IN4O2/c1-12(22)13-2-3-16(18-11-13)21-8-6-20(7-9-21)5-4-14-10-15(17)23-19-14/h2-3,10-11H,4-9H2,1H3. The average molecular weight is 426 g/mol. The predicted octanol–water partition coefficient (Wildman–Crippen LogP) is 2.24. The highest BCUT2D eigenvalue weighted by molar-refractivity contribution is 14.1. The van der Waals surface area contributed by atoms with Crippen molar-refractivity contribution in [2.75, 3.05) is 37.6 Å². The molecule has 0 amide bonds. The quantitative estimate of drug-likeness (QED) is 0.540. The number of aromatic nitrogens is 2. The highest BCUT2D eigenvalue weighted by Gasteiger charge is 2.18. The maximum absolute atomic E-state index is 11.3. The van der Waals surface area contributed by atoms with Crippen LogP contribution in [0.25, 0.3) is 0 Å². The first-order chi connectivity index (χ1) is 11.1. The van der Waals surface area contributed by atoms with Crippen LogP contribution in [-0.2, 0) is 6.42 Å². The molecule has 3 heterocycles. The fraction of sp³-hybridized carbons (Fsp3) is 0.438. The molecular formula is C16H19IN4O2. The second-order valence-corrected chi connectivity index (χ2v) is 6.73. The zero-order valence-corrected chi connectivity index (χ0v) is 15.2. The maximum atomic E-state index is 11.3. The van der Waals surface area contributed by atoms with Crippen LogP contribution in [0.15, 0.2) is 28.9 Å². The monoisotopic (exact) mass is 426 g/mol. The molecule has 0 aromatic carbocycles. The SMILES string of the molecule is CC(=O)c1ccc(N2CCN(CCc3cc(I)on3)CC2)nc1. The summed E-state index contributed by atoms with van der Waals surface area (Å²) in [6.45, 7) is 6.46. The van der Waals surface area contributed by atoms with Gasteiger partial charge in [-0.2, -0.15) is 0 Å². The molecule has 1 aliphatic rings. The number of rotatable bonds is 5. The third-order valence-electron chi connectivity index (χ3n) is 4.07. The van der Waals surface area contributed by atoms with Crippen LogP contribution in [0, 0.1) is 3.77 Å². The Balaban J connectivity index is 1.49. The van der Waals surface area contributed by atoms with Gasteiger partial charge in [0.25, 0.3) is 0 Å². The Labute approximate surface area is 149 Å². The summed E-state index contributed by atoms with van der Waals surface area (Å²) in [5, 5.41) is 4.03. The molecule has 0 bridgehead atoms. The van der Waals surface area contributed by atoms with E-state index in [4.69, 9.17) is 4.52 Å². The first-order valence-corrected chi connectivity index (χ1v) is 8.75. The number of carbonyl (C=O) groups is 1. The van der Waals surface area contributed by atoms with Crippen molar-refractivity contribution in [3.05, 3.63) is 39.4 Å². The molecule has 0 radical (unpaired) electrons. The molecule has 0 spiro atoms. The largest absolute Gasteiger partial charge is 0.354 e. The van der Waals surface area contributed by atoms with Crippen molar-refractivity contribution in [2.24, 2.45) is 0 Å². The summed E-state index contributed by atoms with van der Waals surface area (Å²) in [5.74, 6) is 0.997. The number of carbonyl (C=O) groups excluding carboxylic acids is 1. The van der Waals surface area contributed by atoms with E-state index in [9.17, 15) is 4.79 Å². The van der Waals surface area contributed by atoms with Crippen molar-refractivity contribution < 1.29 is 9.32 Å². The molecule has 6 nitrogen and oxygen atoms in total. The number of hydrogen-bond donors (Lipinski definition) is 0. The third kappa shape index (κ3) is 4.29. The Hall–Kier alpha value is -1.48. The minimum absolute atomic E-state index is 0.0522. The average Bonchev–Trinajstić information content (AvgIpc) is 2.99. The normalized spacial score (nSPS) is 15.8. The lowest BCUT2D eigenvalue weighted by Gasteiger charge is -2.35. The zero-order valence-electron chi connectivity index (χ0n) is 13.0. The van der Waals surface area contributed by atoms with Gasteiger partial charge in [-0.25, -0.2) is 4.98 Å². The molecule has 1 fully saturated rings. The smallest absolute Gasteiger partial charge is 0.196 e. The van der Waals surface area contributed by atoms with Crippen LogP contribution in [-0.4, -0.2) is 53.5 Å². The summed E-state index contributed by atoms with van der Waals surface area (Å²) in [4.78, 5) is 20.4. The number of piperazine rings is 1. The van der Waals surface area contributed by atoms with E-state index in [0.29, 0.717) is 5.56 Å². The van der Waals surface area contributed by atoms with Gasteiger partial charge in [-0.15, -0.1) is 0 Å². The van der Waals surface area contributed by atoms with Gasteiger partial charge in [0.2, 0.25) is 0 Å². The van der Waals surface area contributed by atoms with Gasteiger partial charge in [0.1, 0.15) is 5.82 Å². The predicted molar refractivity (Wildman–Crippen MR) is 95.8 cm³/mol. The Morgan fingerprint density at radius 1 is 1.30 bits per heavy atom. The van der Waals surface area contributed by atoms with Crippen LogP contribution in [0.1, 0.15) is 23.0 Å². The van der Waals surface area contributed by atoms with E-state index in [-0.39, 0.29) is 5.78 Å². The summed E-state index contributed by atoms with van der Waals surface area (Å²) in [6.07, 6.45) is 2.58. The zero-order chi connectivity index (χ0) is 16.2. The molecule has 1 saturated heterocycles. The summed E-state index contributed by atoms with van der Waals surface area (Å²) >= 11 is 2.13. The van der Waals surface area contributed by atoms with Gasteiger partial charge >= 0.3 is 0 Å². The Morgan fingerprint density at radius 2 is 2.09 bits per heavy atom. The van der Waals surface area contributed by atoms with Crippen molar-refractivity contribution in [3.8, 4) is 0 Å². The Kier molecular flexibility index (Phi) is 5.27. The van der Waals surface area contributed by atoms with E-state index < -0.39 is 0 Å². The van der Waals surface area contributed by atoms with Crippen molar-refractivity contribution in [1.82, 2.24) is 15.0 Å². The van der Waals surface area contributed by atoms with Crippen LogP contribution >= 0.6 is 22.6 Å². The Bertz CT molecular complexity index is 663. The fourth-order valence-electron chi connectivity index (χ4n) is 2.66. The summed E-state index contributed by atoms with van der Waals surface area (Å²) in [6, 6.07) is 5.77. The summed E-state index contributed by atoms with van der Waals surface area (Å²) < 4.78 is 5.92. The maximum Gasteiger partial charge on any atom is 0.196 e. The Morgan fingerprint density at radius 3 is 2.65 bits per heavy atom. The number of nitrogens with zero attached hydrogens (tertiary/aromatic N) is 4. The topological polar surface area (TPSA) is 62.5 Å². The molecule has 0 aliphatic carbocycles. The molecule has 0 saturated carbocycles. The molecule has 2 aromatic rings. The van der Waals surface area contributed by atoms with E-state index in [1.54, 1.807) is 13.1 Å². The molecule has 7 heteroatoms. The third-order valence-corrected chi connectivity index (χ3v) is 4.57. The molecule has 3 rings (SSSR count). The molecule has 23 heavy (non-hydrogen) atoms. The van der Waals surface area contributed by atoms with Crippen LogP contribution in [0.4, 0.5) is 5.82 Å². The van der Waals surface area contributed by atoms with E-state index in [1.165, 1.54) is 0 Å². The molecule has 2 aromatic heterocycles. The van der Waals surface area contributed by atoms with Gasteiger partial charge in [0.15, 0.2) is 9.55 Å². The first kappa shape index (κ1) is 16.4. The van der Waals surface area contributed by atoms with Crippen molar-refractivity contribution in [3.63, 3.8) is 0 Å². The lowest BCUT2D eigenvalue weighted by atomic mass is 10.2. The first-order valence-electron chi connectivity index (χ1n) is 7.67. The van der Waals surface area contributed by atoms with Gasteiger partial charge in [-0.05, 0) is 19.1 Å². The highest BCUT2D eigenvalue weighted by Crippen LogP contribution is 2.15. The molecule has 0 unspecified atom stereocenters. The van der Waals surface area contributed by atoms with Gasteiger partial charge in [-0.1, -0.05) is 5.16 Å². The van der Waals surface area contributed by atoms with E-state index >= 15 is 0 Å². The second kappa shape index (κ2) is 7.39. The minimum Gasteiger partial charge on any atom is -0.354 e. The van der Waals surface area contributed by atoms with E-state index in [1.807, 2.05) is 18.2 Å². The van der Waals surface area contributed by atoms with Crippen LogP contribution in [0.5, 0.6) is 0 Å². The van der Waals surface area contributed by atoms with E-state index in [2.05, 4.69) is 42.5 Å². The number of ketones is 1. The van der Waals surface area contributed by atoms with Gasteiger partial charge in [0.05, 0.1) is 5.69 Å². The fourth-order valence-corrected chi connectivity index (χ4v) is 3.12.